The highest BCUT2D eigenvalue weighted by Crippen LogP contribution is 2.24. The zero-order valence-electron chi connectivity index (χ0n) is 14.5. The minimum absolute atomic E-state index is 0.142. The third kappa shape index (κ3) is 6.66. The van der Waals surface area contributed by atoms with Gasteiger partial charge in [0.1, 0.15) is 5.82 Å². The Morgan fingerprint density at radius 3 is 2.52 bits per heavy atom. The number of carbonyl (C=O) groups excluding carboxylic acids is 2. The summed E-state index contributed by atoms with van der Waals surface area (Å²) in [7, 11) is 0. The molecule has 0 saturated heterocycles. The fraction of sp³-hybridized carbons (Fsp3) is 0.474. The lowest BCUT2D eigenvalue weighted by Gasteiger charge is -2.33. The van der Waals surface area contributed by atoms with Crippen LogP contribution in [0.3, 0.4) is 0 Å². The molecule has 0 aromatic heterocycles. The van der Waals surface area contributed by atoms with Crippen LogP contribution in [0.4, 0.5) is 9.18 Å². The summed E-state index contributed by atoms with van der Waals surface area (Å²) in [5, 5.41) is 4.86. The summed E-state index contributed by atoms with van der Waals surface area (Å²) in [6, 6.07) is 6.12. The van der Waals surface area contributed by atoms with Crippen LogP contribution in [-0.2, 0) is 11.3 Å². The van der Waals surface area contributed by atoms with Gasteiger partial charge >= 0.3 is 6.03 Å². The minimum atomic E-state index is -0.518. The average molecular weight is 347 g/mol. The molecule has 1 aliphatic rings. The molecule has 2 rings (SSSR count). The second-order valence-electron chi connectivity index (χ2n) is 6.37. The second-order valence-corrected chi connectivity index (χ2v) is 6.37. The van der Waals surface area contributed by atoms with Crippen molar-refractivity contribution in [1.82, 2.24) is 15.5 Å². The molecule has 0 unspecified atom stereocenters. The van der Waals surface area contributed by atoms with Gasteiger partial charge < -0.3 is 5.32 Å². The van der Waals surface area contributed by atoms with Gasteiger partial charge in [-0.15, -0.1) is 6.58 Å². The third-order valence-corrected chi connectivity index (χ3v) is 4.40. The summed E-state index contributed by atoms with van der Waals surface area (Å²) < 4.78 is 13.1. The van der Waals surface area contributed by atoms with E-state index in [4.69, 9.17) is 0 Å². The van der Waals surface area contributed by atoms with Crippen molar-refractivity contribution in [3.05, 3.63) is 48.3 Å². The topological polar surface area (TPSA) is 61.4 Å². The molecule has 2 N–H and O–H groups in total. The predicted molar refractivity (Wildman–Crippen MR) is 95.4 cm³/mol. The second kappa shape index (κ2) is 9.93. The standard InChI is InChI=1S/C19H26FN3O2/c1-2-12-21-19(25)22-18(24)14-23(17-6-4-3-5-7-17)13-15-8-10-16(20)11-9-15/h2,8-11,17H,1,3-7,12-14H2,(H2,21,22,24,25). The van der Waals surface area contributed by atoms with Gasteiger partial charge in [-0.25, -0.2) is 9.18 Å². The van der Waals surface area contributed by atoms with Gasteiger partial charge in [0.05, 0.1) is 6.54 Å². The molecule has 0 radical (unpaired) electrons. The van der Waals surface area contributed by atoms with Crippen molar-refractivity contribution in [2.24, 2.45) is 0 Å². The van der Waals surface area contributed by atoms with Crippen molar-refractivity contribution in [3.8, 4) is 0 Å². The number of benzene rings is 1. The van der Waals surface area contributed by atoms with E-state index in [9.17, 15) is 14.0 Å². The van der Waals surface area contributed by atoms with Crippen LogP contribution in [0, 0.1) is 5.82 Å². The number of amides is 3. The van der Waals surface area contributed by atoms with E-state index in [0.29, 0.717) is 19.1 Å². The Balaban J connectivity index is 1.98. The van der Waals surface area contributed by atoms with Gasteiger partial charge in [-0.3, -0.25) is 15.0 Å². The van der Waals surface area contributed by atoms with Crippen molar-refractivity contribution in [1.29, 1.82) is 0 Å². The minimum Gasteiger partial charge on any atom is -0.334 e. The number of hydrogen-bond acceptors (Lipinski definition) is 3. The molecule has 0 bridgehead atoms. The highest BCUT2D eigenvalue weighted by Gasteiger charge is 2.24. The molecule has 0 atom stereocenters. The third-order valence-electron chi connectivity index (χ3n) is 4.40. The van der Waals surface area contributed by atoms with Gasteiger partial charge in [-0.2, -0.15) is 0 Å². The van der Waals surface area contributed by atoms with E-state index in [-0.39, 0.29) is 18.3 Å². The van der Waals surface area contributed by atoms with Crippen molar-refractivity contribution >= 4 is 11.9 Å². The quantitative estimate of drug-likeness (QED) is 0.746. The number of nitrogens with zero attached hydrogens (tertiary/aromatic N) is 1. The van der Waals surface area contributed by atoms with Crippen LogP contribution < -0.4 is 10.6 Å². The Kier molecular flexibility index (Phi) is 7.60. The lowest BCUT2D eigenvalue weighted by atomic mass is 9.93. The maximum absolute atomic E-state index is 13.1. The van der Waals surface area contributed by atoms with E-state index < -0.39 is 6.03 Å². The highest BCUT2D eigenvalue weighted by molar-refractivity contribution is 5.95. The van der Waals surface area contributed by atoms with Gasteiger partial charge in [-0.1, -0.05) is 37.5 Å². The number of halogens is 1. The fourth-order valence-electron chi connectivity index (χ4n) is 3.14. The van der Waals surface area contributed by atoms with E-state index in [2.05, 4.69) is 22.1 Å². The summed E-state index contributed by atoms with van der Waals surface area (Å²) in [4.78, 5) is 25.9. The molecule has 3 amide bonds. The van der Waals surface area contributed by atoms with Crippen LogP contribution in [-0.4, -0.2) is 36.0 Å². The normalized spacial score (nSPS) is 15.0. The zero-order chi connectivity index (χ0) is 18.1. The molecule has 0 aliphatic heterocycles. The van der Waals surface area contributed by atoms with Crippen molar-refractivity contribution in [2.75, 3.05) is 13.1 Å². The van der Waals surface area contributed by atoms with Crippen molar-refractivity contribution < 1.29 is 14.0 Å². The van der Waals surface area contributed by atoms with Gasteiger partial charge in [-0.05, 0) is 30.5 Å². The first kappa shape index (κ1) is 19.1. The Bertz CT molecular complexity index is 583. The Morgan fingerprint density at radius 2 is 1.88 bits per heavy atom. The molecule has 1 aromatic rings. The summed E-state index contributed by atoms with van der Waals surface area (Å²) in [5.41, 5.74) is 0.955. The summed E-state index contributed by atoms with van der Waals surface area (Å²) >= 11 is 0. The van der Waals surface area contributed by atoms with Crippen molar-refractivity contribution in [3.63, 3.8) is 0 Å². The summed E-state index contributed by atoms with van der Waals surface area (Å²) in [6.45, 7) is 4.52. The van der Waals surface area contributed by atoms with Crippen LogP contribution in [0.2, 0.25) is 0 Å². The maximum Gasteiger partial charge on any atom is 0.321 e. The maximum atomic E-state index is 13.1. The first-order chi connectivity index (χ1) is 12.1. The first-order valence-corrected chi connectivity index (χ1v) is 8.75. The highest BCUT2D eigenvalue weighted by atomic mass is 19.1. The Morgan fingerprint density at radius 1 is 1.20 bits per heavy atom. The largest absolute Gasteiger partial charge is 0.334 e. The van der Waals surface area contributed by atoms with Gasteiger partial charge in [0, 0.05) is 19.1 Å². The summed E-state index contributed by atoms with van der Waals surface area (Å²) in [6.07, 6.45) is 7.14. The zero-order valence-corrected chi connectivity index (χ0v) is 14.5. The molecule has 1 aromatic carbocycles. The molecule has 136 valence electrons. The molecule has 1 fully saturated rings. The van der Waals surface area contributed by atoms with Gasteiger partial charge in [0.15, 0.2) is 0 Å². The number of hydrogen-bond donors (Lipinski definition) is 2. The van der Waals surface area contributed by atoms with E-state index >= 15 is 0 Å². The van der Waals surface area contributed by atoms with Gasteiger partial charge in [0.2, 0.25) is 5.91 Å². The lowest BCUT2D eigenvalue weighted by molar-refractivity contribution is -0.122. The molecular weight excluding hydrogens is 321 g/mol. The smallest absolute Gasteiger partial charge is 0.321 e. The van der Waals surface area contributed by atoms with E-state index in [1.807, 2.05) is 0 Å². The number of rotatable bonds is 7. The summed E-state index contributed by atoms with van der Waals surface area (Å²) in [5.74, 6) is -0.612. The predicted octanol–water partition coefficient (Wildman–Crippen LogP) is 2.97. The average Bonchev–Trinajstić information content (AvgIpc) is 2.62. The molecule has 0 heterocycles. The number of carbonyl (C=O) groups is 2. The number of urea groups is 1. The molecule has 1 saturated carbocycles. The van der Waals surface area contributed by atoms with E-state index in [1.54, 1.807) is 18.2 Å². The van der Waals surface area contributed by atoms with Crippen LogP contribution in [0.1, 0.15) is 37.7 Å². The Labute approximate surface area is 148 Å². The lowest BCUT2D eigenvalue weighted by Crippen LogP contribution is -2.47. The van der Waals surface area contributed by atoms with Crippen LogP contribution in [0.25, 0.3) is 0 Å². The van der Waals surface area contributed by atoms with E-state index in [0.717, 1.165) is 31.2 Å². The Hall–Kier alpha value is -2.21. The molecule has 6 heteroatoms. The van der Waals surface area contributed by atoms with Crippen LogP contribution >= 0.6 is 0 Å². The number of nitrogens with one attached hydrogen (secondary N) is 2. The molecular formula is C19H26FN3O2. The molecule has 1 aliphatic carbocycles. The van der Waals surface area contributed by atoms with Crippen LogP contribution in [0.15, 0.2) is 36.9 Å². The molecule has 5 nitrogen and oxygen atoms in total. The number of imide groups is 1. The monoisotopic (exact) mass is 347 g/mol. The SMILES string of the molecule is C=CCNC(=O)NC(=O)CN(Cc1ccc(F)cc1)C1CCCCC1. The van der Waals surface area contributed by atoms with E-state index in [1.165, 1.54) is 18.6 Å². The van der Waals surface area contributed by atoms with Crippen LogP contribution in [0.5, 0.6) is 0 Å². The molecule has 25 heavy (non-hydrogen) atoms. The van der Waals surface area contributed by atoms with Crippen molar-refractivity contribution in [2.45, 2.75) is 44.7 Å². The van der Waals surface area contributed by atoms with Gasteiger partial charge in [0.25, 0.3) is 0 Å². The molecule has 0 spiro atoms. The first-order valence-electron chi connectivity index (χ1n) is 8.75. The fourth-order valence-corrected chi connectivity index (χ4v) is 3.14.